The van der Waals surface area contributed by atoms with Crippen LogP contribution in [0.1, 0.15) is 11.1 Å². The highest BCUT2D eigenvalue weighted by Crippen LogP contribution is 2.22. The van der Waals surface area contributed by atoms with Gasteiger partial charge in [-0.05, 0) is 28.7 Å². The monoisotopic (exact) mass is 343 g/mol. The number of rotatable bonds is 6. The standard InChI is InChI=1S/C15H13N5O5/c1-24-13-4-3-10(5-11(7-16)14(21)25-2)6-12(13)8-19-9-17-15(18-19)20(22)23/h3-6,9H,8H2,1-2H3. The van der Waals surface area contributed by atoms with Crippen LogP contribution in [0.2, 0.25) is 0 Å². The third-order valence-corrected chi connectivity index (χ3v) is 3.16. The van der Waals surface area contributed by atoms with Crippen molar-refractivity contribution >= 4 is 18.0 Å². The van der Waals surface area contributed by atoms with Crippen molar-refractivity contribution in [3.8, 4) is 11.8 Å². The minimum atomic E-state index is -0.744. The zero-order valence-corrected chi connectivity index (χ0v) is 13.4. The molecule has 0 unspecified atom stereocenters. The Bertz CT molecular complexity index is 881. The fraction of sp³-hybridized carbons (Fsp3) is 0.200. The van der Waals surface area contributed by atoms with Crippen LogP contribution in [0.3, 0.4) is 0 Å². The van der Waals surface area contributed by atoms with Crippen LogP contribution in [-0.2, 0) is 16.1 Å². The molecule has 2 aromatic rings. The fourth-order valence-electron chi connectivity index (χ4n) is 2.04. The molecule has 128 valence electrons. The number of nitro groups is 1. The van der Waals surface area contributed by atoms with E-state index in [-0.39, 0.29) is 12.1 Å². The van der Waals surface area contributed by atoms with Gasteiger partial charge in [-0.3, -0.25) is 0 Å². The molecule has 0 bridgehead atoms. The lowest BCUT2D eigenvalue weighted by Gasteiger charge is -2.08. The van der Waals surface area contributed by atoms with Gasteiger partial charge in [-0.25, -0.2) is 4.79 Å². The van der Waals surface area contributed by atoms with E-state index >= 15 is 0 Å². The number of methoxy groups -OCH3 is 2. The minimum Gasteiger partial charge on any atom is -0.496 e. The van der Waals surface area contributed by atoms with Crippen LogP contribution in [-0.4, -0.2) is 39.9 Å². The Hall–Kier alpha value is -3.74. The molecule has 25 heavy (non-hydrogen) atoms. The number of carbonyl (C=O) groups is 1. The Balaban J connectivity index is 2.36. The number of nitrogens with zero attached hydrogens (tertiary/aromatic N) is 5. The van der Waals surface area contributed by atoms with Crippen molar-refractivity contribution in [1.82, 2.24) is 14.8 Å². The molecule has 2 rings (SSSR count). The molecule has 0 spiro atoms. The first kappa shape index (κ1) is 17.6. The molecular weight excluding hydrogens is 330 g/mol. The van der Waals surface area contributed by atoms with Crippen molar-refractivity contribution in [2.75, 3.05) is 14.2 Å². The molecule has 0 aliphatic rings. The van der Waals surface area contributed by atoms with Gasteiger partial charge in [0.2, 0.25) is 6.33 Å². The second kappa shape index (κ2) is 7.69. The molecular formula is C15H13N5O5. The first-order valence-corrected chi connectivity index (χ1v) is 6.89. The van der Waals surface area contributed by atoms with E-state index in [1.807, 2.05) is 0 Å². The summed E-state index contributed by atoms with van der Waals surface area (Å²) in [7, 11) is 2.66. The van der Waals surface area contributed by atoms with Crippen LogP contribution in [0.15, 0.2) is 30.1 Å². The third kappa shape index (κ3) is 4.17. The molecule has 10 heteroatoms. The average Bonchev–Trinajstić information content (AvgIpc) is 3.08. The number of hydrogen-bond acceptors (Lipinski definition) is 8. The number of carbonyl (C=O) groups excluding carboxylic acids is 1. The topological polar surface area (TPSA) is 133 Å². The SMILES string of the molecule is COC(=O)C(C#N)=Cc1ccc(OC)c(Cn2cnc([N+](=O)[O-])n2)c1. The summed E-state index contributed by atoms with van der Waals surface area (Å²) < 4.78 is 11.1. The quantitative estimate of drug-likeness (QED) is 0.252. The summed E-state index contributed by atoms with van der Waals surface area (Å²) in [6.07, 6.45) is 2.60. The summed E-state index contributed by atoms with van der Waals surface area (Å²) in [6.45, 7) is 0.159. The van der Waals surface area contributed by atoms with Crippen LogP contribution < -0.4 is 4.74 Å². The molecule has 0 fully saturated rings. The molecule has 0 amide bonds. The Morgan fingerprint density at radius 3 is 2.80 bits per heavy atom. The van der Waals surface area contributed by atoms with Gasteiger partial charge in [-0.2, -0.15) is 9.94 Å². The smallest absolute Gasteiger partial charge is 0.490 e. The average molecular weight is 343 g/mol. The van der Waals surface area contributed by atoms with Crippen molar-refractivity contribution in [3.63, 3.8) is 0 Å². The Kier molecular flexibility index (Phi) is 5.42. The molecule has 0 aliphatic heterocycles. The molecule has 1 heterocycles. The number of aromatic nitrogens is 3. The first-order chi connectivity index (χ1) is 12.0. The van der Waals surface area contributed by atoms with Crippen molar-refractivity contribution in [3.05, 3.63) is 51.3 Å². The predicted molar refractivity (Wildman–Crippen MR) is 84.4 cm³/mol. The van der Waals surface area contributed by atoms with Gasteiger partial charge in [0.15, 0.2) is 0 Å². The highest BCUT2D eigenvalue weighted by atomic mass is 16.6. The number of hydrogen-bond donors (Lipinski definition) is 0. The summed E-state index contributed by atoms with van der Waals surface area (Å²) in [5.41, 5.74) is 1.04. The van der Waals surface area contributed by atoms with Gasteiger partial charge in [-0.15, -0.1) is 0 Å². The highest BCUT2D eigenvalue weighted by molar-refractivity contribution is 5.97. The van der Waals surface area contributed by atoms with E-state index < -0.39 is 16.8 Å². The molecule has 0 N–H and O–H groups in total. The van der Waals surface area contributed by atoms with E-state index in [0.29, 0.717) is 16.9 Å². The molecule has 0 saturated carbocycles. The van der Waals surface area contributed by atoms with Gasteiger partial charge in [-0.1, -0.05) is 11.1 Å². The van der Waals surface area contributed by atoms with Gasteiger partial charge in [0, 0.05) is 10.7 Å². The second-order valence-corrected chi connectivity index (χ2v) is 4.73. The minimum absolute atomic E-state index is 0.157. The summed E-state index contributed by atoms with van der Waals surface area (Å²) in [6, 6.07) is 6.75. The van der Waals surface area contributed by atoms with E-state index in [4.69, 9.17) is 10.00 Å². The summed E-state index contributed by atoms with van der Waals surface area (Å²) in [4.78, 5) is 25.0. The lowest BCUT2D eigenvalue weighted by atomic mass is 10.1. The molecule has 0 aliphatic carbocycles. The van der Waals surface area contributed by atoms with Gasteiger partial charge in [0.05, 0.1) is 20.8 Å². The second-order valence-electron chi connectivity index (χ2n) is 4.73. The summed E-state index contributed by atoms with van der Waals surface area (Å²) in [5, 5.41) is 23.4. The van der Waals surface area contributed by atoms with Crippen molar-refractivity contribution in [1.29, 1.82) is 5.26 Å². The van der Waals surface area contributed by atoms with E-state index in [1.54, 1.807) is 24.3 Å². The Morgan fingerprint density at radius 1 is 1.48 bits per heavy atom. The predicted octanol–water partition coefficient (Wildman–Crippen LogP) is 1.32. The molecule has 0 atom stereocenters. The zero-order chi connectivity index (χ0) is 18.4. The van der Waals surface area contributed by atoms with Crippen LogP contribution in [0, 0.1) is 21.4 Å². The normalized spacial score (nSPS) is 10.8. The third-order valence-electron chi connectivity index (χ3n) is 3.16. The van der Waals surface area contributed by atoms with Crippen LogP contribution in [0.5, 0.6) is 5.75 Å². The first-order valence-electron chi connectivity index (χ1n) is 6.89. The summed E-state index contributed by atoms with van der Waals surface area (Å²) >= 11 is 0. The van der Waals surface area contributed by atoms with Crippen molar-refractivity contribution < 1.29 is 19.2 Å². The number of nitriles is 1. The van der Waals surface area contributed by atoms with E-state index in [2.05, 4.69) is 14.8 Å². The molecule has 0 radical (unpaired) electrons. The van der Waals surface area contributed by atoms with Crippen molar-refractivity contribution in [2.45, 2.75) is 6.54 Å². The Morgan fingerprint density at radius 2 is 2.24 bits per heavy atom. The van der Waals surface area contributed by atoms with Crippen LogP contribution in [0.25, 0.3) is 6.08 Å². The Labute approximate surface area is 142 Å². The van der Waals surface area contributed by atoms with Gasteiger partial charge >= 0.3 is 11.9 Å². The maximum Gasteiger partial charge on any atom is 0.490 e. The fourth-order valence-corrected chi connectivity index (χ4v) is 2.04. The number of ether oxygens (including phenoxy) is 2. The van der Waals surface area contributed by atoms with E-state index in [0.717, 1.165) is 0 Å². The lowest BCUT2D eigenvalue weighted by molar-refractivity contribution is -0.394. The van der Waals surface area contributed by atoms with E-state index in [9.17, 15) is 14.9 Å². The molecule has 0 saturated heterocycles. The summed E-state index contributed by atoms with van der Waals surface area (Å²) in [5.74, 6) is -0.730. The van der Waals surface area contributed by atoms with Gasteiger partial charge in [0.25, 0.3) is 0 Å². The lowest BCUT2D eigenvalue weighted by Crippen LogP contribution is -2.04. The molecule has 1 aromatic heterocycles. The van der Waals surface area contributed by atoms with E-state index in [1.165, 1.54) is 31.3 Å². The molecule has 1 aromatic carbocycles. The van der Waals surface area contributed by atoms with Crippen LogP contribution in [0.4, 0.5) is 5.95 Å². The zero-order valence-electron chi connectivity index (χ0n) is 13.4. The number of esters is 1. The van der Waals surface area contributed by atoms with Gasteiger partial charge in [0.1, 0.15) is 17.4 Å². The van der Waals surface area contributed by atoms with Crippen LogP contribution >= 0.6 is 0 Å². The maximum atomic E-state index is 11.5. The van der Waals surface area contributed by atoms with Gasteiger partial charge < -0.3 is 19.6 Å². The largest absolute Gasteiger partial charge is 0.496 e. The number of benzene rings is 1. The molecule has 10 nitrogen and oxygen atoms in total. The highest BCUT2D eigenvalue weighted by Gasteiger charge is 2.15. The van der Waals surface area contributed by atoms with Crippen molar-refractivity contribution in [2.24, 2.45) is 0 Å². The maximum absolute atomic E-state index is 11.5.